The first-order valence-electron chi connectivity index (χ1n) is 6.34. The highest BCUT2D eigenvalue weighted by Crippen LogP contribution is 2.25. The van der Waals surface area contributed by atoms with Gasteiger partial charge in [-0.1, -0.05) is 29.5 Å². The van der Waals surface area contributed by atoms with Gasteiger partial charge in [0.2, 0.25) is 0 Å². The number of nitrogen functional groups attached to an aromatic ring is 1. The number of thiazole rings is 1. The number of amides is 1. The van der Waals surface area contributed by atoms with E-state index in [9.17, 15) is 4.79 Å². The van der Waals surface area contributed by atoms with Gasteiger partial charge in [0, 0.05) is 11.8 Å². The fourth-order valence-corrected chi connectivity index (χ4v) is 2.72. The Balaban J connectivity index is 1.61. The number of hydrogen-bond acceptors (Lipinski definition) is 5. The quantitative estimate of drug-likeness (QED) is 0.726. The van der Waals surface area contributed by atoms with Crippen LogP contribution in [0.15, 0.2) is 48.5 Å². The smallest absolute Gasteiger partial charge is 0.264 e. The minimum absolute atomic E-state index is 0.0839. The fraction of sp³-hybridized carbons (Fsp3) is 0.0667. The molecule has 3 aromatic rings. The number of carbonyl (C=O) groups is 1. The number of nitrogens with one attached hydrogen (secondary N) is 1. The summed E-state index contributed by atoms with van der Waals surface area (Å²) >= 11 is 1.43. The number of hydrogen-bond donors (Lipinski definition) is 2. The molecule has 0 aliphatic heterocycles. The third kappa shape index (κ3) is 3.29. The number of para-hydroxylation sites is 1. The molecule has 0 unspecified atom stereocenters. The molecule has 0 saturated carbocycles. The Labute approximate surface area is 125 Å². The lowest BCUT2D eigenvalue weighted by Crippen LogP contribution is -2.20. The van der Waals surface area contributed by atoms with Crippen molar-refractivity contribution in [3.8, 4) is 5.75 Å². The van der Waals surface area contributed by atoms with E-state index >= 15 is 0 Å². The summed E-state index contributed by atoms with van der Waals surface area (Å²) in [6.07, 6.45) is 0. The van der Waals surface area contributed by atoms with Crippen LogP contribution in [-0.2, 0) is 4.79 Å². The zero-order chi connectivity index (χ0) is 14.7. The minimum atomic E-state index is -0.253. The van der Waals surface area contributed by atoms with Gasteiger partial charge in [-0.3, -0.25) is 10.1 Å². The van der Waals surface area contributed by atoms with Crippen LogP contribution in [-0.4, -0.2) is 17.5 Å². The zero-order valence-corrected chi connectivity index (χ0v) is 11.9. The van der Waals surface area contributed by atoms with E-state index in [1.165, 1.54) is 11.3 Å². The zero-order valence-electron chi connectivity index (χ0n) is 11.1. The van der Waals surface area contributed by atoms with Crippen molar-refractivity contribution in [2.24, 2.45) is 0 Å². The predicted octanol–water partition coefficient (Wildman–Crippen LogP) is 2.90. The summed E-state index contributed by atoms with van der Waals surface area (Å²) in [4.78, 5) is 16.2. The molecule has 1 heterocycles. The van der Waals surface area contributed by atoms with Crippen LogP contribution in [0.5, 0.6) is 5.75 Å². The molecule has 0 bridgehead atoms. The number of aromatic nitrogens is 1. The average molecular weight is 299 g/mol. The van der Waals surface area contributed by atoms with Crippen molar-refractivity contribution in [2.45, 2.75) is 0 Å². The molecule has 1 amide bonds. The number of fused-ring (bicyclic) bond motifs is 1. The standard InChI is InChI=1S/C15H13N3O2S/c16-10-4-3-5-11(8-10)20-9-14(19)18-15-17-12-6-1-2-7-13(12)21-15/h1-8H,9,16H2,(H,17,18,19). The third-order valence-electron chi connectivity index (χ3n) is 2.77. The Morgan fingerprint density at radius 1 is 1.24 bits per heavy atom. The molecule has 0 atom stereocenters. The van der Waals surface area contributed by atoms with Gasteiger partial charge in [-0.25, -0.2) is 4.98 Å². The second-order valence-corrected chi connectivity index (χ2v) is 5.43. The van der Waals surface area contributed by atoms with Gasteiger partial charge in [0.05, 0.1) is 10.2 Å². The van der Waals surface area contributed by atoms with Crippen LogP contribution >= 0.6 is 11.3 Å². The van der Waals surface area contributed by atoms with E-state index in [0.29, 0.717) is 16.6 Å². The highest BCUT2D eigenvalue weighted by molar-refractivity contribution is 7.22. The molecule has 3 N–H and O–H groups in total. The molecule has 6 heteroatoms. The number of carbonyl (C=O) groups excluding carboxylic acids is 1. The SMILES string of the molecule is Nc1cccc(OCC(=O)Nc2nc3ccccc3s2)c1. The molecule has 3 rings (SSSR count). The van der Waals surface area contributed by atoms with Crippen molar-refractivity contribution >= 4 is 38.3 Å². The van der Waals surface area contributed by atoms with Gasteiger partial charge in [0.15, 0.2) is 11.7 Å². The maximum absolute atomic E-state index is 11.8. The second kappa shape index (κ2) is 5.80. The van der Waals surface area contributed by atoms with Gasteiger partial charge in [0.1, 0.15) is 5.75 Å². The summed E-state index contributed by atoms with van der Waals surface area (Å²) in [7, 11) is 0. The molecule has 5 nitrogen and oxygen atoms in total. The molecular formula is C15H13N3O2S. The summed E-state index contributed by atoms with van der Waals surface area (Å²) in [6, 6.07) is 14.7. The summed E-state index contributed by atoms with van der Waals surface area (Å²) in [6.45, 7) is -0.0839. The summed E-state index contributed by atoms with van der Waals surface area (Å²) in [5.74, 6) is 0.311. The van der Waals surface area contributed by atoms with Crippen molar-refractivity contribution < 1.29 is 9.53 Å². The van der Waals surface area contributed by atoms with Crippen LogP contribution in [0.1, 0.15) is 0 Å². The van der Waals surface area contributed by atoms with E-state index in [0.717, 1.165) is 10.2 Å². The summed E-state index contributed by atoms with van der Waals surface area (Å²) in [5, 5.41) is 3.30. The lowest BCUT2D eigenvalue weighted by molar-refractivity contribution is -0.118. The number of ether oxygens (including phenoxy) is 1. The molecule has 0 saturated heterocycles. The minimum Gasteiger partial charge on any atom is -0.484 e. The van der Waals surface area contributed by atoms with Gasteiger partial charge in [-0.15, -0.1) is 0 Å². The maximum atomic E-state index is 11.8. The molecule has 0 radical (unpaired) electrons. The first kappa shape index (κ1) is 13.4. The Kier molecular flexibility index (Phi) is 3.70. The second-order valence-electron chi connectivity index (χ2n) is 4.40. The molecule has 0 aliphatic carbocycles. The summed E-state index contributed by atoms with van der Waals surface area (Å²) < 4.78 is 6.41. The Morgan fingerprint density at radius 2 is 2.10 bits per heavy atom. The Morgan fingerprint density at radius 3 is 2.90 bits per heavy atom. The van der Waals surface area contributed by atoms with Crippen LogP contribution in [0, 0.1) is 0 Å². The Hall–Kier alpha value is -2.60. The van der Waals surface area contributed by atoms with Crippen molar-refractivity contribution in [1.29, 1.82) is 0 Å². The lowest BCUT2D eigenvalue weighted by Gasteiger charge is -2.06. The largest absolute Gasteiger partial charge is 0.484 e. The van der Waals surface area contributed by atoms with E-state index < -0.39 is 0 Å². The average Bonchev–Trinajstić information content (AvgIpc) is 2.87. The Bertz CT molecular complexity index is 752. The van der Waals surface area contributed by atoms with Gasteiger partial charge >= 0.3 is 0 Å². The molecule has 0 aliphatic rings. The number of anilines is 2. The highest BCUT2D eigenvalue weighted by atomic mass is 32.1. The first-order valence-corrected chi connectivity index (χ1v) is 7.16. The fourth-order valence-electron chi connectivity index (χ4n) is 1.83. The molecule has 0 spiro atoms. The molecule has 0 fully saturated rings. The monoisotopic (exact) mass is 299 g/mol. The molecule has 2 aromatic carbocycles. The van der Waals surface area contributed by atoms with Crippen molar-refractivity contribution in [1.82, 2.24) is 4.98 Å². The maximum Gasteiger partial charge on any atom is 0.264 e. The van der Waals surface area contributed by atoms with Gasteiger partial charge in [-0.05, 0) is 24.3 Å². The topological polar surface area (TPSA) is 77.2 Å². The van der Waals surface area contributed by atoms with Gasteiger partial charge in [-0.2, -0.15) is 0 Å². The van der Waals surface area contributed by atoms with Crippen LogP contribution in [0.3, 0.4) is 0 Å². The van der Waals surface area contributed by atoms with E-state index in [4.69, 9.17) is 10.5 Å². The van der Waals surface area contributed by atoms with Crippen molar-refractivity contribution in [2.75, 3.05) is 17.7 Å². The normalized spacial score (nSPS) is 10.5. The number of nitrogens with two attached hydrogens (primary N) is 1. The molecule has 1 aromatic heterocycles. The van der Waals surface area contributed by atoms with Crippen molar-refractivity contribution in [3.05, 3.63) is 48.5 Å². The molecule has 21 heavy (non-hydrogen) atoms. The van der Waals surface area contributed by atoms with Crippen LogP contribution in [0.4, 0.5) is 10.8 Å². The number of nitrogens with zero attached hydrogens (tertiary/aromatic N) is 1. The van der Waals surface area contributed by atoms with E-state index in [2.05, 4.69) is 10.3 Å². The van der Waals surface area contributed by atoms with Gasteiger partial charge < -0.3 is 10.5 Å². The molecule has 106 valence electrons. The van der Waals surface area contributed by atoms with Crippen LogP contribution < -0.4 is 15.8 Å². The summed E-state index contributed by atoms with van der Waals surface area (Å²) in [5.41, 5.74) is 7.11. The van der Waals surface area contributed by atoms with E-state index in [-0.39, 0.29) is 12.5 Å². The number of benzene rings is 2. The highest BCUT2D eigenvalue weighted by Gasteiger charge is 2.08. The van der Waals surface area contributed by atoms with E-state index in [1.807, 2.05) is 24.3 Å². The predicted molar refractivity (Wildman–Crippen MR) is 84.6 cm³/mol. The lowest BCUT2D eigenvalue weighted by atomic mass is 10.3. The van der Waals surface area contributed by atoms with Crippen LogP contribution in [0.25, 0.3) is 10.2 Å². The third-order valence-corrected chi connectivity index (χ3v) is 3.72. The number of rotatable bonds is 4. The molecular weight excluding hydrogens is 286 g/mol. The van der Waals surface area contributed by atoms with Crippen molar-refractivity contribution in [3.63, 3.8) is 0 Å². The van der Waals surface area contributed by atoms with Crippen LogP contribution in [0.2, 0.25) is 0 Å². The van der Waals surface area contributed by atoms with E-state index in [1.54, 1.807) is 24.3 Å². The van der Waals surface area contributed by atoms with Gasteiger partial charge in [0.25, 0.3) is 5.91 Å². The first-order chi connectivity index (χ1) is 10.2.